The molecule has 1 aromatic heterocycles. The number of nitrogens with one attached hydrogen (secondary N) is 1. The number of fused-ring (bicyclic) bond motifs is 1. The van der Waals surface area contributed by atoms with Gasteiger partial charge in [0, 0.05) is 0 Å². The molecule has 0 saturated heterocycles. The second kappa shape index (κ2) is 4.82. The van der Waals surface area contributed by atoms with Crippen LogP contribution in [0.3, 0.4) is 0 Å². The van der Waals surface area contributed by atoms with Crippen molar-refractivity contribution in [3.05, 3.63) is 52.6 Å². The van der Waals surface area contributed by atoms with Gasteiger partial charge in [0.15, 0.2) is 0 Å². The first-order valence-electron chi connectivity index (χ1n) is 5.84. The number of carboxylic acids is 1. The molecule has 0 saturated carbocycles. The van der Waals surface area contributed by atoms with Gasteiger partial charge in [0.1, 0.15) is 23.0 Å². The molecular weight excluding hydrogens is 302 g/mol. The van der Waals surface area contributed by atoms with Crippen LogP contribution in [-0.4, -0.2) is 21.0 Å². The second-order valence-corrected chi connectivity index (χ2v) is 4.74. The zero-order chi connectivity index (χ0) is 15.1. The monoisotopic (exact) mass is 308 g/mol. The zero-order valence-corrected chi connectivity index (χ0v) is 11.1. The third kappa shape index (κ3) is 2.23. The van der Waals surface area contributed by atoms with E-state index in [9.17, 15) is 13.6 Å². The van der Waals surface area contributed by atoms with E-state index >= 15 is 0 Å². The first kappa shape index (κ1) is 13.5. The Kier molecular flexibility index (Phi) is 3.10. The highest BCUT2D eigenvalue weighted by molar-refractivity contribution is 6.33. The quantitative estimate of drug-likeness (QED) is 0.755. The number of hydrogen-bond donors (Lipinski definition) is 2. The summed E-state index contributed by atoms with van der Waals surface area (Å²) in [6.07, 6.45) is 0. The van der Waals surface area contributed by atoms with Gasteiger partial charge in [0.2, 0.25) is 0 Å². The Morgan fingerprint density at radius 1 is 1.29 bits per heavy atom. The Bertz CT molecular complexity index is 857. The van der Waals surface area contributed by atoms with Gasteiger partial charge in [0.25, 0.3) is 0 Å². The van der Waals surface area contributed by atoms with Crippen LogP contribution in [0.1, 0.15) is 10.4 Å². The van der Waals surface area contributed by atoms with Crippen LogP contribution in [0.15, 0.2) is 30.3 Å². The summed E-state index contributed by atoms with van der Waals surface area (Å²) in [5.74, 6) is -2.62. The third-order valence-corrected chi connectivity index (χ3v) is 3.30. The van der Waals surface area contributed by atoms with Crippen LogP contribution < -0.4 is 0 Å². The molecule has 0 unspecified atom stereocenters. The summed E-state index contributed by atoms with van der Waals surface area (Å²) in [5, 5.41) is 9.19. The number of hydrogen-bond acceptors (Lipinski definition) is 2. The number of aromatic nitrogens is 2. The molecule has 0 spiro atoms. The maximum Gasteiger partial charge on any atom is 0.338 e. The van der Waals surface area contributed by atoms with E-state index in [2.05, 4.69) is 9.97 Å². The molecule has 0 aliphatic rings. The number of carbonyl (C=O) groups is 1. The Morgan fingerprint density at radius 3 is 2.71 bits per heavy atom. The second-order valence-electron chi connectivity index (χ2n) is 4.34. The summed E-state index contributed by atoms with van der Waals surface area (Å²) < 4.78 is 27.3. The number of carboxylic acid groups (broad SMARTS) is 1. The van der Waals surface area contributed by atoms with Gasteiger partial charge < -0.3 is 10.1 Å². The molecule has 21 heavy (non-hydrogen) atoms. The Balaban J connectivity index is 2.32. The smallest absolute Gasteiger partial charge is 0.338 e. The highest BCUT2D eigenvalue weighted by atomic mass is 35.5. The molecule has 1 heterocycles. The molecule has 0 bridgehead atoms. The molecule has 0 amide bonds. The number of imidazole rings is 1. The predicted molar refractivity (Wildman–Crippen MR) is 73.4 cm³/mol. The number of H-pyrrole nitrogens is 1. The van der Waals surface area contributed by atoms with E-state index in [1.807, 2.05) is 0 Å². The average molecular weight is 309 g/mol. The number of benzene rings is 2. The summed E-state index contributed by atoms with van der Waals surface area (Å²) in [7, 11) is 0. The van der Waals surface area contributed by atoms with Crippen molar-refractivity contribution in [2.24, 2.45) is 0 Å². The average Bonchev–Trinajstić information content (AvgIpc) is 2.80. The Hall–Kier alpha value is -2.47. The summed E-state index contributed by atoms with van der Waals surface area (Å²) in [4.78, 5) is 17.9. The maximum atomic E-state index is 13.9. The van der Waals surface area contributed by atoms with Crippen molar-refractivity contribution in [3.63, 3.8) is 0 Å². The fraction of sp³-hybridized carbons (Fsp3) is 0. The van der Waals surface area contributed by atoms with Crippen molar-refractivity contribution in [2.75, 3.05) is 0 Å². The third-order valence-electron chi connectivity index (χ3n) is 2.98. The zero-order valence-electron chi connectivity index (χ0n) is 10.3. The van der Waals surface area contributed by atoms with Gasteiger partial charge >= 0.3 is 5.97 Å². The van der Waals surface area contributed by atoms with Crippen molar-refractivity contribution in [1.82, 2.24) is 9.97 Å². The van der Waals surface area contributed by atoms with Gasteiger partial charge in [-0.2, -0.15) is 0 Å². The Labute approximate surface area is 122 Å². The lowest BCUT2D eigenvalue weighted by atomic mass is 10.2. The van der Waals surface area contributed by atoms with Gasteiger partial charge in [-0.05, 0) is 24.3 Å². The number of rotatable bonds is 2. The van der Waals surface area contributed by atoms with E-state index in [4.69, 9.17) is 16.7 Å². The first-order valence-corrected chi connectivity index (χ1v) is 6.22. The van der Waals surface area contributed by atoms with E-state index in [-0.39, 0.29) is 33.0 Å². The molecule has 4 nitrogen and oxygen atoms in total. The van der Waals surface area contributed by atoms with Crippen molar-refractivity contribution in [1.29, 1.82) is 0 Å². The summed E-state index contributed by atoms with van der Waals surface area (Å²) in [6.45, 7) is 0. The van der Waals surface area contributed by atoms with Crippen LogP contribution in [0.5, 0.6) is 0 Å². The molecule has 2 N–H and O–H groups in total. The van der Waals surface area contributed by atoms with Crippen LogP contribution in [0, 0.1) is 11.6 Å². The minimum absolute atomic E-state index is 0.00659. The Morgan fingerprint density at radius 2 is 2.05 bits per heavy atom. The summed E-state index contributed by atoms with van der Waals surface area (Å²) in [6, 6.07) is 6.07. The maximum absolute atomic E-state index is 13.9. The fourth-order valence-corrected chi connectivity index (χ4v) is 2.34. The number of aromatic amines is 1. The molecule has 0 atom stereocenters. The molecule has 106 valence electrons. The van der Waals surface area contributed by atoms with Gasteiger partial charge in [-0.15, -0.1) is 0 Å². The SMILES string of the molecule is O=C(O)c1cc(F)cc2[nH]c(-c3c(F)cccc3Cl)nc12. The molecule has 0 fully saturated rings. The molecule has 2 aromatic carbocycles. The molecule has 0 aliphatic carbocycles. The highest BCUT2D eigenvalue weighted by Gasteiger charge is 2.18. The molecule has 3 rings (SSSR count). The fourth-order valence-electron chi connectivity index (χ4n) is 2.09. The van der Waals surface area contributed by atoms with Crippen LogP contribution in [-0.2, 0) is 0 Å². The minimum atomic E-state index is -1.32. The van der Waals surface area contributed by atoms with Crippen LogP contribution in [0.25, 0.3) is 22.4 Å². The minimum Gasteiger partial charge on any atom is -0.478 e. The van der Waals surface area contributed by atoms with Gasteiger partial charge in [-0.25, -0.2) is 18.6 Å². The van der Waals surface area contributed by atoms with Crippen molar-refractivity contribution >= 4 is 28.6 Å². The van der Waals surface area contributed by atoms with E-state index in [1.165, 1.54) is 18.2 Å². The van der Waals surface area contributed by atoms with Crippen LogP contribution >= 0.6 is 11.6 Å². The molecule has 3 aromatic rings. The van der Waals surface area contributed by atoms with Gasteiger partial charge in [0.05, 0.1) is 21.7 Å². The lowest BCUT2D eigenvalue weighted by Crippen LogP contribution is -1.98. The first-order chi connectivity index (χ1) is 9.97. The summed E-state index contributed by atoms with van der Waals surface area (Å²) in [5.41, 5.74) is -0.105. The van der Waals surface area contributed by atoms with Crippen LogP contribution in [0.4, 0.5) is 8.78 Å². The lowest BCUT2D eigenvalue weighted by molar-refractivity contribution is 0.0698. The predicted octanol–water partition coefficient (Wildman–Crippen LogP) is 3.86. The molecule has 0 aliphatic heterocycles. The number of aromatic carboxylic acids is 1. The van der Waals surface area contributed by atoms with Crippen molar-refractivity contribution in [3.8, 4) is 11.4 Å². The van der Waals surface area contributed by atoms with E-state index < -0.39 is 17.6 Å². The van der Waals surface area contributed by atoms with E-state index in [0.29, 0.717) is 0 Å². The van der Waals surface area contributed by atoms with Crippen LogP contribution in [0.2, 0.25) is 5.02 Å². The van der Waals surface area contributed by atoms with E-state index in [1.54, 1.807) is 0 Å². The normalized spacial score (nSPS) is 11.0. The lowest BCUT2D eigenvalue weighted by Gasteiger charge is -2.01. The molecular formula is C14H7ClF2N2O2. The summed E-state index contributed by atoms with van der Waals surface area (Å²) >= 11 is 5.93. The number of halogens is 3. The van der Waals surface area contributed by atoms with Crippen molar-refractivity contribution in [2.45, 2.75) is 0 Å². The highest BCUT2D eigenvalue weighted by Crippen LogP contribution is 2.31. The van der Waals surface area contributed by atoms with E-state index in [0.717, 1.165) is 12.1 Å². The van der Waals surface area contributed by atoms with Gasteiger partial charge in [-0.1, -0.05) is 17.7 Å². The topological polar surface area (TPSA) is 66.0 Å². The van der Waals surface area contributed by atoms with Crippen molar-refractivity contribution < 1.29 is 18.7 Å². The largest absolute Gasteiger partial charge is 0.478 e. The molecule has 7 heteroatoms. The number of nitrogens with zero attached hydrogens (tertiary/aromatic N) is 1. The van der Waals surface area contributed by atoms with Gasteiger partial charge in [-0.3, -0.25) is 0 Å². The molecule has 0 radical (unpaired) electrons. The standard InChI is InChI=1S/C14H7ClF2N2O2/c15-8-2-1-3-9(17)11(8)13-18-10-5-6(16)4-7(14(20)21)12(10)19-13/h1-5H,(H,18,19)(H,20,21).